The Morgan fingerprint density at radius 1 is 1.07 bits per heavy atom. The van der Waals surface area contributed by atoms with E-state index in [1.165, 1.54) is 0 Å². The Balaban J connectivity index is 2.07. The standard InChI is InChI=1S/C25H29NO4/c1-6-18(7-2)24-21-15-23(30-5)22(29-4)14-19(21)12-13-26(25(24)27)16-17-8-10-20(28-3)11-9-17/h6,8-11,14-15H,1,7,12-13,16H2,2-5H3/b24-18-. The van der Waals surface area contributed by atoms with E-state index >= 15 is 0 Å². The molecule has 30 heavy (non-hydrogen) atoms. The molecule has 0 aromatic heterocycles. The Bertz CT molecular complexity index is 960. The molecule has 0 spiro atoms. The maximum absolute atomic E-state index is 13.7. The molecule has 0 bridgehead atoms. The fourth-order valence-electron chi connectivity index (χ4n) is 3.83. The molecule has 3 rings (SSSR count). The van der Waals surface area contributed by atoms with Crippen LogP contribution in [-0.4, -0.2) is 38.7 Å². The molecule has 0 radical (unpaired) electrons. The number of carbonyl (C=O) groups is 1. The van der Waals surface area contributed by atoms with Crippen LogP contribution in [-0.2, 0) is 17.8 Å². The van der Waals surface area contributed by atoms with Gasteiger partial charge in [-0.05, 0) is 59.4 Å². The Hall–Kier alpha value is -3.21. The quantitative estimate of drug-likeness (QED) is 0.627. The molecule has 0 saturated carbocycles. The Kier molecular flexibility index (Phi) is 6.83. The lowest BCUT2D eigenvalue weighted by atomic mass is 9.92. The molecular formula is C25H29NO4. The number of allylic oxidation sites excluding steroid dienone is 2. The van der Waals surface area contributed by atoms with Crippen LogP contribution in [0.2, 0.25) is 0 Å². The second-order valence-electron chi connectivity index (χ2n) is 7.15. The molecular weight excluding hydrogens is 378 g/mol. The van der Waals surface area contributed by atoms with Crippen molar-refractivity contribution in [3.8, 4) is 17.2 Å². The van der Waals surface area contributed by atoms with Crippen molar-refractivity contribution in [3.05, 3.63) is 71.3 Å². The van der Waals surface area contributed by atoms with Crippen LogP contribution in [0.1, 0.15) is 30.0 Å². The van der Waals surface area contributed by atoms with Gasteiger partial charge in [0, 0.05) is 13.1 Å². The Morgan fingerprint density at radius 3 is 2.30 bits per heavy atom. The predicted octanol–water partition coefficient (Wildman–Crippen LogP) is 4.65. The zero-order valence-corrected chi connectivity index (χ0v) is 18.2. The average molecular weight is 408 g/mol. The summed E-state index contributed by atoms with van der Waals surface area (Å²) in [6.45, 7) is 7.14. The molecule has 5 nitrogen and oxygen atoms in total. The van der Waals surface area contributed by atoms with Crippen LogP contribution in [0.25, 0.3) is 5.57 Å². The second-order valence-corrected chi connectivity index (χ2v) is 7.15. The first-order valence-corrected chi connectivity index (χ1v) is 10.1. The number of hydrogen-bond donors (Lipinski definition) is 0. The van der Waals surface area contributed by atoms with Crippen molar-refractivity contribution in [1.82, 2.24) is 4.90 Å². The van der Waals surface area contributed by atoms with Crippen LogP contribution in [0.3, 0.4) is 0 Å². The topological polar surface area (TPSA) is 48.0 Å². The van der Waals surface area contributed by atoms with E-state index in [2.05, 4.69) is 6.58 Å². The molecule has 0 aliphatic carbocycles. The Labute approximate surface area is 178 Å². The van der Waals surface area contributed by atoms with Gasteiger partial charge in [0.25, 0.3) is 5.91 Å². The summed E-state index contributed by atoms with van der Waals surface area (Å²) in [4.78, 5) is 15.6. The molecule has 5 heteroatoms. The lowest BCUT2D eigenvalue weighted by Crippen LogP contribution is -2.31. The molecule has 2 aromatic carbocycles. The number of ether oxygens (including phenoxy) is 3. The normalized spacial score (nSPS) is 15.2. The van der Waals surface area contributed by atoms with Crippen molar-refractivity contribution in [1.29, 1.82) is 0 Å². The molecule has 2 aromatic rings. The van der Waals surface area contributed by atoms with E-state index in [1.54, 1.807) is 27.4 Å². The van der Waals surface area contributed by atoms with Crippen molar-refractivity contribution in [2.24, 2.45) is 0 Å². The predicted molar refractivity (Wildman–Crippen MR) is 119 cm³/mol. The maximum atomic E-state index is 13.7. The van der Waals surface area contributed by atoms with Gasteiger partial charge in [-0.2, -0.15) is 0 Å². The molecule has 1 aliphatic rings. The minimum absolute atomic E-state index is 0.00791. The van der Waals surface area contributed by atoms with Gasteiger partial charge in [0.1, 0.15) is 5.75 Å². The lowest BCUT2D eigenvalue weighted by Gasteiger charge is -2.23. The van der Waals surface area contributed by atoms with E-state index in [-0.39, 0.29) is 5.91 Å². The number of amides is 1. The van der Waals surface area contributed by atoms with Gasteiger partial charge < -0.3 is 19.1 Å². The molecule has 0 fully saturated rings. The van der Waals surface area contributed by atoms with Crippen molar-refractivity contribution in [3.63, 3.8) is 0 Å². The number of carbonyl (C=O) groups excluding carboxylic acids is 1. The summed E-state index contributed by atoms with van der Waals surface area (Å²) in [6.07, 6.45) is 3.23. The van der Waals surface area contributed by atoms with E-state index in [4.69, 9.17) is 14.2 Å². The number of nitrogens with zero attached hydrogens (tertiary/aromatic N) is 1. The van der Waals surface area contributed by atoms with E-state index in [0.29, 0.717) is 36.6 Å². The average Bonchev–Trinajstić information content (AvgIpc) is 2.91. The summed E-state index contributed by atoms with van der Waals surface area (Å²) in [5, 5.41) is 0. The molecule has 0 saturated heterocycles. The number of fused-ring (bicyclic) bond motifs is 1. The Morgan fingerprint density at radius 2 is 1.73 bits per heavy atom. The lowest BCUT2D eigenvalue weighted by molar-refractivity contribution is -0.125. The number of hydrogen-bond acceptors (Lipinski definition) is 4. The molecule has 1 heterocycles. The van der Waals surface area contributed by atoms with Crippen molar-refractivity contribution >= 4 is 11.5 Å². The van der Waals surface area contributed by atoms with Gasteiger partial charge in [-0.1, -0.05) is 31.7 Å². The second kappa shape index (κ2) is 9.53. The first-order chi connectivity index (χ1) is 14.6. The van der Waals surface area contributed by atoms with Gasteiger partial charge >= 0.3 is 0 Å². The van der Waals surface area contributed by atoms with Crippen LogP contribution in [0.4, 0.5) is 0 Å². The van der Waals surface area contributed by atoms with Crippen LogP contribution in [0, 0.1) is 0 Å². The van der Waals surface area contributed by atoms with Gasteiger partial charge in [-0.25, -0.2) is 0 Å². The monoisotopic (exact) mass is 407 g/mol. The fraction of sp³-hybridized carbons (Fsp3) is 0.320. The largest absolute Gasteiger partial charge is 0.497 e. The van der Waals surface area contributed by atoms with Crippen molar-refractivity contribution in [2.75, 3.05) is 27.9 Å². The summed E-state index contributed by atoms with van der Waals surface area (Å²) in [5.74, 6) is 2.09. The third kappa shape index (κ3) is 4.20. The number of rotatable bonds is 7. The van der Waals surface area contributed by atoms with Gasteiger partial charge in [0.05, 0.1) is 26.9 Å². The van der Waals surface area contributed by atoms with Gasteiger partial charge in [0.2, 0.25) is 0 Å². The van der Waals surface area contributed by atoms with Crippen molar-refractivity contribution in [2.45, 2.75) is 26.3 Å². The van der Waals surface area contributed by atoms with E-state index < -0.39 is 0 Å². The summed E-state index contributed by atoms with van der Waals surface area (Å²) in [6, 6.07) is 11.7. The van der Waals surface area contributed by atoms with E-state index in [1.807, 2.05) is 48.2 Å². The highest BCUT2D eigenvalue weighted by atomic mass is 16.5. The minimum atomic E-state index is 0.00791. The van der Waals surface area contributed by atoms with Crippen LogP contribution < -0.4 is 14.2 Å². The van der Waals surface area contributed by atoms with E-state index in [9.17, 15) is 4.79 Å². The highest BCUT2D eigenvalue weighted by Crippen LogP contribution is 2.38. The minimum Gasteiger partial charge on any atom is -0.497 e. The van der Waals surface area contributed by atoms with Crippen LogP contribution >= 0.6 is 0 Å². The van der Waals surface area contributed by atoms with Crippen LogP contribution in [0.15, 0.2) is 54.6 Å². The molecule has 158 valence electrons. The summed E-state index contributed by atoms with van der Waals surface area (Å²) >= 11 is 0. The smallest absolute Gasteiger partial charge is 0.255 e. The zero-order valence-electron chi connectivity index (χ0n) is 18.2. The number of methoxy groups -OCH3 is 3. The molecule has 0 atom stereocenters. The SMILES string of the molecule is C=C/C(CC)=C1/C(=O)N(Cc2ccc(OC)cc2)CCc2cc(OC)c(OC)cc21. The third-order valence-corrected chi connectivity index (χ3v) is 5.51. The molecule has 1 aliphatic heterocycles. The zero-order chi connectivity index (χ0) is 21.7. The van der Waals surface area contributed by atoms with Crippen LogP contribution in [0.5, 0.6) is 17.2 Å². The molecule has 1 amide bonds. The fourth-order valence-corrected chi connectivity index (χ4v) is 3.83. The highest BCUT2D eigenvalue weighted by Gasteiger charge is 2.29. The maximum Gasteiger partial charge on any atom is 0.255 e. The third-order valence-electron chi connectivity index (χ3n) is 5.51. The summed E-state index contributed by atoms with van der Waals surface area (Å²) in [7, 11) is 4.88. The first-order valence-electron chi connectivity index (χ1n) is 10.1. The van der Waals surface area contributed by atoms with E-state index in [0.717, 1.165) is 34.4 Å². The molecule has 0 N–H and O–H groups in total. The van der Waals surface area contributed by atoms with Crippen molar-refractivity contribution < 1.29 is 19.0 Å². The van der Waals surface area contributed by atoms with Gasteiger partial charge in [-0.15, -0.1) is 0 Å². The highest BCUT2D eigenvalue weighted by molar-refractivity contribution is 6.21. The molecule has 0 unspecified atom stereocenters. The first kappa shape index (κ1) is 21.5. The summed E-state index contributed by atoms with van der Waals surface area (Å²) in [5.41, 5.74) is 4.64. The summed E-state index contributed by atoms with van der Waals surface area (Å²) < 4.78 is 16.2. The number of benzene rings is 2. The van der Waals surface area contributed by atoms with Gasteiger partial charge in [0.15, 0.2) is 11.5 Å². The van der Waals surface area contributed by atoms with Gasteiger partial charge in [-0.3, -0.25) is 4.79 Å².